The molecule has 1 aliphatic heterocycles. The Labute approximate surface area is 124 Å². The number of aryl methyl sites for hydroxylation is 1. The van der Waals surface area contributed by atoms with E-state index >= 15 is 0 Å². The highest BCUT2D eigenvalue weighted by molar-refractivity contribution is 5.93. The van der Waals surface area contributed by atoms with Crippen LogP contribution in [0.5, 0.6) is 0 Å². The SMILES string of the molecule is Cc1ccc(C(=O)N2CCC3(O)CCCCC3C2)c(=O)[nH]1. The van der Waals surface area contributed by atoms with Gasteiger partial charge in [0.05, 0.1) is 5.60 Å². The number of carbonyl (C=O) groups is 1. The highest BCUT2D eigenvalue weighted by Gasteiger charge is 2.43. The van der Waals surface area contributed by atoms with E-state index in [2.05, 4.69) is 4.98 Å². The van der Waals surface area contributed by atoms with Gasteiger partial charge in [-0.05, 0) is 38.3 Å². The highest BCUT2D eigenvalue weighted by atomic mass is 16.3. The van der Waals surface area contributed by atoms with Crippen molar-refractivity contribution in [1.29, 1.82) is 0 Å². The summed E-state index contributed by atoms with van der Waals surface area (Å²) < 4.78 is 0. The third-order valence-electron chi connectivity index (χ3n) is 5.00. The summed E-state index contributed by atoms with van der Waals surface area (Å²) in [5, 5.41) is 10.6. The Bertz CT molecular complexity index is 610. The molecule has 1 aliphatic carbocycles. The predicted molar refractivity (Wildman–Crippen MR) is 79.2 cm³/mol. The molecule has 2 atom stereocenters. The van der Waals surface area contributed by atoms with Crippen LogP contribution in [-0.4, -0.2) is 39.6 Å². The Kier molecular flexibility index (Phi) is 3.61. The molecule has 2 aliphatic rings. The molecule has 0 aromatic carbocycles. The van der Waals surface area contributed by atoms with E-state index in [-0.39, 0.29) is 22.9 Å². The molecular weight excluding hydrogens is 268 g/mol. The Morgan fingerprint density at radius 3 is 2.95 bits per heavy atom. The van der Waals surface area contributed by atoms with E-state index in [9.17, 15) is 14.7 Å². The summed E-state index contributed by atoms with van der Waals surface area (Å²) in [6.07, 6.45) is 4.60. The maximum atomic E-state index is 12.5. The third kappa shape index (κ3) is 2.62. The number of rotatable bonds is 1. The number of aromatic amines is 1. The summed E-state index contributed by atoms with van der Waals surface area (Å²) in [5.41, 5.74) is 0.0116. The maximum absolute atomic E-state index is 12.5. The van der Waals surface area contributed by atoms with Crippen LogP contribution in [0, 0.1) is 12.8 Å². The van der Waals surface area contributed by atoms with E-state index in [1.54, 1.807) is 24.0 Å². The van der Waals surface area contributed by atoms with E-state index < -0.39 is 5.60 Å². The van der Waals surface area contributed by atoms with Crippen LogP contribution in [0.25, 0.3) is 0 Å². The molecule has 5 nitrogen and oxygen atoms in total. The van der Waals surface area contributed by atoms with Gasteiger partial charge in [-0.15, -0.1) is 0 Å². The van der Waals surface area contributed by atoms with Gasteiger partial charge in [-0.25, -0.2) is 0 Å². The number of piperidine rings is 1. The number of aliphatic hydroxyl groups is 1. The van der Waals surface area contributed by atoms with Crippen molar-refractivity contribution in [3.05, 3.63) is 33.7 Å². The fourth-order valence-corrected chi connectivity index (χ4v) is 3.67. The van der Waals surface area contributed by atoms with E-state index in [4.69, 9.17) is 0 Å². The molecule has 1 saturated carbocycles. The first-order valence-corrected chi connectivity index (χ1v) is 7.71. The first-order chi connectivity index (χ1) is 9.99. The number of likely N-dealkylation sites (tertiary alicyclic amines) is 1. The van der Waals surface area contributed by atoms with Gasteiger partial charge in [-0.1, -0.05) is 12.8 Å². The summed E-state index contributed by atoms with van der Waals surface area (Å²) in [4.78, 5) is 28.8. The predicted octanol–water partition coefficient (Wildman–Crippen LogP) is 1.45. The fourth-order valence-electron chi connectivity index (χ4n) is 3.67. The van der Waals surface area contributed by atoms with Crippen molar-refractivity contribution >= 4 is 5.91 Å². The number of pyridine rings is 1. The van der Waals surface area contributed by atoms with E-state index in [1.165, 1.54) is 0 Å². The van der Waals surface area contributed by atoms with Crippen molar-refractivity contribution in [3.8, 4) is 0 Å². The monoisotopic (exact) mass is 290 g/mol. The molecule has 0 spiro atoms. The molecule has 1 aromatic rings. The quantitative estimate of drug-likeness (QED) is 0.822. The molecule has 2 fully saturated rings. The first kappa shape index (κ1) is 14.3. The van der Waals surface area contributed by atoms with Crippen molar-refractivity contribution in [2.75, 3.05) is 13.1 Å². The Morgan fingerprint density at radius 2 is 2.19 bits per heavy atom. The average Bonchev–Trinajstić information content (AvgIpc) is 2.45. The maximum Gasteiger partial charge on any atom is 0.260 e. The van der Waals surface area contributed by atoms with Crippen molar-refractivity contribution in [1.82, 2.24) is 9.88 Å². The lowest BCUT2D eigenvalue weighted by molar-refractivity contribution is -0.0886. The molecule has 5 heteroatoms. The van der Waals surface area contributed by atoms with Crippen molar-refractivity contribution in [3.63, 3.8) is 0 Å². The van der Waals surface area contributed by atoms with Gasteiger partial charge in [0, 0.05) is 24.7 Å². The van der Waals surface area contributed by atoms with Gasteiger partial charge >= 0.3 is 0 Å². The highest BCUT2D eigenvalue weighted by Crippen LogP contribution is 2.39. The number of fused-ring (bicyclic) bond motifs is 1. The topological polar surface area (TPSA) is 73.4 Å². The number of carbonyl (C=O) groups excluding carboxylic acids is 1. The smallest absolute Gasteiger partial charge is 0.260 e. The van der Waals surface area contributed by atoms with Crippen LogP contribution >= 0.6 is 0 Å². The molecule has 114 valence electrons. The molecule has 3 rings (SSSR count). The van der Waals surface area contributed by atoms with Gasteiger partial charge in [0.25, 0.3) is 11.5 Å². The van der Waals surface area contributed by atoms with Crippen LogP contribution in [0.1, 0.15) is 48.2 Å². The zero-order valence-corrected chi connectivity index (χ0v) is 12.4. The van der Waals surface area contributed by atoms with Crippen molar-refractivity contribution in [2.45, 2.75) is 44.6 Å². The lowest BCUT2D eigenvalue weighted by atomic mass is 9.71. The van der Waals surface area contributed by atoms with Crippen molar-refractivity contribution in [2.24, 2.45) is 5.92 Å². The van der Waals surface area contributed by atoms with Crippen LogP contribution in [0.2, 0.25) is 0 Å². The number of nitrogens with one attached hydrogen (secondary N) is 1. The second kappa shape index (κ2) is 5.30. The van der Waals surface area contributed by atoms with E-state index in [0.29, 0.717) is 19.5 Å². The summed E-state index contributed by atoms with van der Waals surface area (Å²) in [6, 6.07) is 3.34. The van der Waals surface area contributed by atoms with Crippen LogP contribution in [0.4, 0.5) is 0 Å². The number of H-pyrrole nitrogens is 1. The van der Waals surface area contributed by atoms with Gasteiger partial charge in [0.15, 0.2) is 0 Å². The minimum absolute atomic E-state index is 0.147. The number of hydrogen-bond acceptors (Lipinski definition) is 3. The molecule has 2 unspecified atom stereocenters. The zero-order valence-electron chi connectivity index (χ0n) is 12.4. The number of amides is 1. The molecular formula is C16H22N2O3. The van der Waals surface area contributed by atoms with Gasteiger partial charge in [-0.2, -0.15) is 0 Å². The summed E-state index contributed by atoms with van der Waals surface area (Å²) >= 11 is 0. The summed E-state index contributed by atoms with van der Waals surface area (Å²) in [5.74, 6) is -0.0719. The second-order valence-electron chi connectivity index (χ2n) is 6.43. The Balaban J connectivity index is 1.79. The van der Waals surface area contributed by atoms with Crippen molar-refractivity contribution < 1.29 is 9.90 Å². The van der Waals surface area contributed by atoms with Crippen LogP contribution in [0.15, 0.2) is 16.9 Å². The molecule has 21 heavy (non-hydrogen) atoms. The fraction of sp³-hybridized carbons (Fsp3) is 0.625. The summed E-state index contributed by atoms with van der Waals surface area (Å²) in [7, 11) is 0. The van der Waals surface area contributed by atoms with E-state index in [1.807, 2.05) is 0 Å². The minimum atomic E-state index is -0.602. The molecule has 1 amide bonds. The molecule has 1 saturated heterocycles. The summed E-state index contributed by atoms with van der Waals surface area (Å²) in [6.45, 7) is 2.88. The minimum Gasteiger partial charge on any atom is -0.389 e. The lowest BCUT2D eigenvalue weighted by Crippen LogP contribution is -2.55. The first-order valence-electron chi connectivity index (χ1n) is 7.71. The molecule has 0 bridgehead atoms. The number of hydrogen-bond donors (Lipinski definition) is 2. The normalized spacial score (nSPS) is 29.0. The largest absolute Gasteiger partial charge is 0.389 e. The van der Waals surface area contributed by atoms with Gasteiger partial charge in [0.1, 0.15) is 5.56 Å². The molecule has 2 N–H and O–H groups in total. The molecule has 2 heterocycles. The second-order valence-corrected chi connectivity index (χ2v) is 6.43. The van der Waals surface area contributed by atoms with Gasteiger partial charge in [0.2, 0.25) is 0 Å². The van der Waals surface area contributed by atoms with E-state index in [0.717, 1.165) is 31.4 Å². The number of aromatic nitrogens is 1. The Hall–Kier alpha value is -1.62. The van der Waals surface area contributed by atoms with Gasteiger partial charge in [-0.3, -0.25) is 9.59 Å². The lowest BCUT2D eigenvalue weighted by Gasteiger charge is -2.47. The zero-order chi connectivity index (χ0) is 15.0. The standard InChI is InChI=1S/C16H22N2O3/c1-11-5-6-13(14(19)17-11)15(20)18-9-8-16(21)7-3-2-4-12(16)10-18/h5-6,12,21H,2-4,7-10H2,1H3,(H,17,19). The number of nitrogens with zero attached hydrogens (tertiary/aromatic N) is 1. The third-order valence-corrected chi connectivity index (χ3v) is 5.00. The Morgan fingerprint density at radius 1 is 1.38 bits per heavy atom. The van der Waals surface area contributed by atoms with Crippen LogP contribution < -0.4 is 5.56 Å². The van der Waals surface area contributed by atoms with Crippen LogP contribution in [-0.2, 0) is 0 Å². The van der Waals surface area contributed by atoms with Crippen LogP contribution in [0.3, 0.4) is 0 Å². The molecule has 1 aromatic heterocycles. The molecule has 0 radical (unpaired) electrons. The van der Waals surface area contributed by atoms with Gasteiger partial charge < -0.3 is 15.0 Å². The average molecular weight is 290 g/mol.